The SMILES string of the molecule is CSCc1ccc(C(=O)Nc2cccc(Cl)c2C)cc1. The second-order valence-corrected chi connectivity index (χ2v) is 5.77. The molecule has 4 heteroatoms. The highest BCUT2D eigenvalue weighted by molar-refractivity contribution is 7.97. The third-order valence-electron chi connectivity index (χ3n) is 3.04. The quantitative estimate of drug-likeness (QED) is 0.882. The van der Waals surface area contributed by atoms with E-state index in [0.717, 1.165) is 17.0 Å². The van der Waals surface area contributed by atoms with Crippen molar-refractivity contribution in [3.63, 3.8) is 0 Å². The predicted molar refractivity (Wildman–Crippen MR) is 87.8 cm³/mol. The first-order chi connectivity index (χ1) is 9.61. The molecule has 0 saturated heterocycles. The number of hydrogen-bond acceptors (Lipinski definition) is 2. The molecule has 2 rings (SSSR count). The molecular weight excluding hydrogens is 290 g/mol. The zero-order valence-corrected chi connectivity index (χ0v) is 13.0. The lowest BCUT2D eigenvalue weighted by Gasteiger charge is -2.09. The highest BCUT2D eigenvalue weighted by atomic mass is 35.5. The van der Waals surface area contributed by atoms with Crippen LogP contribution in [0, 0.1) is 6.92 Å². The molecule has 20 heavy (non-hydrogen) atoms. The van der Waals surface area contributed by atoms with E-state index in [1.54, 1.807) is 11.8 Å². The fraction of sp³-hybridized carbons (Fsp3) is 0.188. The summed E-state index contributed by atoms with van der Waals surface area (Å²) in [6.45, 7) is 1.89. The number of carbonyl (C=O) groups is 1. The largest absolute Gasteiger partial charge is 0.322 e. The van der Waals surface area contributed by atoms with Gasteiger partial charge in [0.15, 0.2) is 0 Å². The Labute approximate surface area is 128 Å². The summed E-state index contributed by atoms with van der Waals surface area (Å²) in [6.07, 6.45) is 2.06. The molecule has 0 heterocycles. The van der Waals surface area contributed by atoms with E-state index in [4.69, 9.17) is 11.6 Å². The highest BCUT2D eigenvalue weighted by Crippen LogP contribution is 2.23. The van der Waals surface area contributed by atoms with E-state index in [-0.39, 0.29) is 5.91 Å². The van der Waals surface area contributed by atoms with Crippen LogP contribution in [0.15, 0.2) is 42.5 Å². The summed E-state index contributed by atoms with van der Waals surface area (Å²) in [5.74, 6) is 0.834. The molecule has 0 aliphatic heterocycles. The van der Waals surface area contributed by atoms with Gasteiger partial charge in [-0.25, -0.2) is 0 Å². The van der Waals surface area contributed by atoms with Gasteiger partial charge in [-0.2, -0.15) is 11.8 Å². The van der Waals surface area contributed by atoms with Gasteiger partial charge in [0.1, 0.15) is 0 Å². The summed E-state index contributed by atoms with van der Waals surface area (Å²) < 4.78 is 0. The number of amides is 1. The third-order valence-corrected chi connectivity index (χ3v) is 4.07. The number of hydrogen-bond donors (Lipinski definition) is 1. The van der Waals surface area contributed by atoms with Crippen molar-refractivity contribution in [3.05, 3.63) is 64.2 Å². The van der Waals surface area contributed by atoms with Gasteiger partial charge in [-0.15, -0.1) is 0 Å². The van der Waals surface area contributed by atoms with E-state index < -0.39 is 0 Å². The average molecular weight is 306 g/mol. The van der Waals surface area contributed by atoms with E-state index in [1.165, 1.54) is 5.56 Å². The molecule has 0 radical (unpaired) electrons. The van der Waals surface area contributed by atoms with Crippen molar-refractivity contribution in [2.24, 2.45) is 0 Å². The first-order valence-corrected chi connectivity index (χ1v) is 8.03. The average Bonchev–Trinajstić information content (AvgIpc) is 2.45. The maximum absolute atomic E-state index is 12.2. The minimum absolute atomic E-state index is 0.119. The van der Waals surface area contributed by atoms with Crippen molar-refractivity contribution in [2.45, 2.75) is 12.7 Å². The molecule has 0 spiro atoms. The number of rotatable bonds is 4. The Balaban J connectivity index is 2.13. The summed E-state index contributed by atoms with van der Waals surface area (Å²) in [5.41, 5.74) is 3.49. The summed E-state index contributed by atoms with van der Waals surface area (Å²) in [7, 11) is 0. The van der Waals surface area contributed by atoms with Gasteiger partial charge >= 0.3 is 0 Å². The maximum Gasteiger partial charge on any atom is 0.255 e. The predicted octanol–water partition coefficient (Wildman–Crippen LogP) is 4.76. The fourth-order valence-electron chi connectivity index (χ4n) is 1.86. The second-order valence-electron chi connectivity index (χ2n) is 4.50. The van der Waals surface area contributed by atoms with Gasteiger partial charge in [-0.05, 0) is 48.6 Å². The molecule has 0 atom stereocenters. The standard InChI is InChI=1S/C16H16ClNOS/c1-11-14(17)4-3-5-15(11)18-16(19)13-8-6-12(7-9-13)10-20-2/h3-9H,10H2,1-2H3,(H,18,19). The van der Waals surface area contributed by atoms with Crippen LogP contribution in [0.25, 0.3) is 0 Å². The highest BCUT2D eigenvalue weighted by Gasteiger charge is 2.08. The van der Waals surface area contributed by atoms with Crippen molar-refractivity contribution in [3.8, 4) is 0 Å². The van der Waals surface area contributed by atoms with Gasteiger partial charge < -0.3 is 5.32 Å². The number of carbonyl (C=O) groups excluding carboxylic acids is 1. The Kier molecular flexibility index (Phi) is 5.10. The minimum Gasteiger partial charge on any atom is -0.322 e. The summed E-state index contributed by atoms with van der Waals surface area (Å²) in [6, 6.07) is 13.1. The molecule has 0 saturated carbocycles. The van der Waals surface area contributed by atoms with E-state index in [1.807, 2.05) is 49.4 Å². The molecule has 0 aromatic heterocycles. The normalized spacial score (nSPS) is 10.3. The molecule has 2 aromatic carbocycles. The van der Waals surface area contributed by atoms with Crippen molar-refractivity contribution in [2.75, 3.05) is 11.6 Å². The zero-order chi connectivity index (χ0) is 14.5. The zero-order valence-electron chi connectivity index (χ0n) is 11.4. The lowest BCUT2D eigenvalue weighted by atomic mass is 10.1. The molecule has 0 aliphatic rings. The van der Waals surface area contributed by atoms with Crippen LogP contribution >= 0.6 is 23.4 Å². The molecular formula is C16H16ClNOS. The lowest BCUT2D eigenvalue weighted by molar-refractivity contribution is 0.102. The van der Waals surface area contributed by atoms with Gasteiger partial charge in [0.25, 0.3) is 5.91 Å². The molecule has 0 unspecified atom stereocenters. The topological polar surface area (TPSA) is 29.1 Å². The van der Waals surface area contributed by atoms with Crippen LogP contribution in [-0.2, 0) is 5.75 Å². The fourth-order valence-corrected chi connectivity index (χ4v) is 2.56. The Morgan fingerprint density at radius 2 is 1.90 bits per heavy atom. The first-order valence-electron chi connectivity index (χ1n) is 6.26. The smallest absolute Gasteiger partial charge is 0.255 e. The minimum atomic E-state index is -0.119. The third kappa shape index (κ3) is 3.56. The summed E-state index contributed by atoms with van der Waals surface area (Å²) in [5, 5.41) is 3.54. The van der Waals surface area contributed by atoms with Crippen LogP contribution in [0.5, 0.6) is 0 Å². The molecule has 2 nitrogen and oxygen atoms in total. The van der Waals surface area contributed by atoms with Crippen molar-refractivity contribution < 1.29 is 4.79 Å². The molecule has 1 amide bonds. The van der Waals surface area contributed by atoms with Crippen LogP contribution in [0.2, 0.25) is 5.02 Å². The number of halogens is 1. The van der Waals surface area contributed by atoms with Crippen LogP contribution in [-0.4, -0.2) is 12.2 Å². The molecule has 1 N–H and O–H groups in total. The number of benzene rings is 2. The summed E-state index contributed by atoms with van der Waals surface area (Å²) >= 11 is 7.81. The Morgan fingerprint density at radius 1 is 1.20 bits per heavy atom. The van der Waals surface area contributed by atoms with E-state index in [2.05, 4.69) is 11.6 Å². The number of thioether (sulfide) groups is 1. The van der Waals surface area contributed by atoms with E-state index in [9.17, 15) is 4.79 Å². The van der Waals surface area contributed by atoms with E-state index >= 15 is 0 Å². The number of nitrogens with one attached hydrogen (secondary N) is 1. The van der Waals surface area contributed by atoms with Crippen molar-refractivity contribution in [1.29, 1.82) is 0 Å². The summed E-state index contributed by atoms with van der Waals surface area (Å²) in [4.78, 5) is 12.2. The van der Waals surface area contributed by atoms with Gasteiger partial charge in [0, 0.05) is 22.0 Å². The van der Waals surface area contributed by atoms with Gasteiger partial charge in [-0.3, -0.25) is 4.79 Å². The van der Waals surface area contributed by atoms with Gasteiger partial charge in [0.2, 0.25) is 0 Å². The van der Waals surface area contributed by atoms with Gasteiger partial charge in [-0.1, -0.05) is 29.8 Å². The Bertz CT molecular complexity index is 610. The second kappa shape index (κ2) is 6.82. The Hall–Kier alpha value is -1.45. The first kappa shape index (κ1) is 14.9. The van der Waals surface area contributed by atoms with Crippen molar-refractivity contribution in [1.82, 2.24) is 0 Å². The molecule has 0 fully saturated rings. The maximum atomic E-state index is 12.2. The van der Waals surface area contributed by atoms with Crippen LogP contribution in [0.1, 0.15) is 21.5 Å². The van der Waals surface area contributed by atoms with Crippen molar-refractivity contribution >= 4 is 35.0 Å². The van der Waals surface area contributed by atoms with Crippen LogP contribution < -0.4 is 5.32 Å². The van der Waals surface area contributed by atoms with Crippen LogP contribution in [0.4, 0.5) is 5.69 Å². The van der Waals surface area contributed by atoms with Gasteiger partial charge in [0.05, 0.1) is 0 Å². The molecule has 104 valence electrons. The Morgan fingerprint density at radius 3 is 2.55 bits per heavy atom. The molecule has 2 aromatic rings. The van der Waals surface area contributed by atoms with Crippen LogP contribution in [0.3, 0.4) is 0 Å². The van der Waals surface area contributed by atoms with E-state index in [0.29, 0.717) is 10.6 Å². The molecule has 0 bridgehead atoms. The lowest BCUT2D eigenvalue weighted by Crippen LogP contribution is -2.12. The monoisotopic (exact) mass is 305 g/mol. The molecule has 0 aliphatic carbocycles. The number of anilines is 1.